The highest BCUT2D eigenvalue weighted by atomic mass is 32.2. The predicted molar refractivity (Wildman–Crippen MR) is 125 cm³/mol. The number of hydrogen-bond donors (Lipinski definition) is 1. The first-order valence-corrected chi connectivity index (χ1v) is 13.3. The molecular weight excluding hydrogens is 442 g/mol. The minimum atomic E-state index is -3.58. The molecule has 3 atom stereocenters. The summed E-state index contributed by atoms with van der Waals surface area (Å²) < 4.78 is 28.3. The van der Waals surface area contributed by atoms with Crippen LogP contribution in [0.2, 0.25) is 0 Å². The van der Waals surface area contributed by atoms with E-state index in [1.165, 1.54) is 22.7 Å². The van der Waals surface area contributed by atoms with E-state index in [1.807, 2.05) is 24.3 Å². The minimum absolute atomic E-state index is 0.0329. The van der Waals surface area contributed by atoms with Crippen LogP contribution in [0.1, 0.15) is 37.7 Å². The largest absolute Gasteiger partial charge is 0.356 e. The van der Waals surface area contributed by atoms with Gasteiger partial charge in [-0.15, -0.1) is 0 Å². The molecule has 4 aliphatic rings. The first-order valence-electron chi connectivity index (χ1n) is 11.9. The predicted octanol–water partition coefficient (Wildman–Crippen LogP) is 0.731. The topological polar surface area (TPSA) is 93.3 Å². The van der Waals surface area contributed by atoms with Crippen molar-refractivity contribution in [1.29, 1.82) is 0 Å². The van der Waals surface area contributed by atoms with Gasteiger partial charge in [0.05, 0.1) is 5.92 Å². The third-order valence-corrected chi connectivity index (χ3v) is 9.74. The number of carbonyl (C=O) groups is 2. The lowest BCUT2D eigenvalue weighted by atomic mass is 9.78. The number of amides is 2. The van der Waals surface area contributed by atoms with E-state index < -0.39 is 21.7 Å². The molecule has 0 saturated carbocycles. The lowest BCUT2D eigenvalue weighted by Crippen LogP contribution is -2.56. The molecule has 0 unspecified atom stereocenters. The van der Waals surface area contributed by atoms with Crippen LogP contribution < -0.4 is 10.2 Å². The summed E-state index contributed by atoms with van der Waals surface area (Å²) in [7, 11) is -0.537. The zero-order valence-corrected chi connectivity index (χ0v) is 20.2. The Morgan fingerprint density at radius 2 is 1.79 bits per heavy atom. The second kappa shape index (κ2) is 8.33. The van der Waals surface area contributed by atoms with Gasteiger partial charge in [-0.1, -0.05) is 18.2 Å². The maximum atomic E-state index is 14.2. The van der Waals surface area contributed by atoms with E-state index in [0.29, 0.717) is 45.4 Å². The third-order valence-electron chi connectivity index (χ3n) is 7.80. The molecule has 0 aromatic heterocycles. The van der Waals surface area contributed by atoms with Gasteiger partial charge in [0.15, 0.2) is 0 Å². The summed E-state index contributed by atoms with van der Waals surface area (Å²) in [6.07, 6.45) is 3.78. The number of nitrogens with one attached hydrogen (secondary N) is 1. The van der Waals surface area contributed by atoms with Crippen molar-refractivity contribution in [3.63, 3.8) is 0 Å². The number of benzene rings is 1. The van der Waals surface area contributed by atoms with Crippen LogP contribution in [0.25, 0.3) is 0 Å². The Hall–Kier alpha value is -2.01. The molecule has 33 heavy (non-hydrogen) atoms. The smallest absolute Gasteiger partial charge is 0.281 e. The zero-order chi connectivity index (χ0) is 23.4. The summed E-state index contributed by atoms with van der Waals surface area (Å²) in [4.78, 5) is 31.8. The second-order valence-electron chi connectivity index (χ2n) is 9.71. The molecule has 4 heterocycles. The maximum Gasteiger partial charge on any atom is 0.281 e. The van der Waals surface area contributed by atoms with Crippen molar-refractivity contribution in [1.82, 2.24) is 18.8 Å². The average Bonchev–Trinajstić information content (AvgIpc) is 3.43. The summed E-state index contributed by atoms with van der Waals surface area (Å²) >= 11 is 0. The zero-order valence-electron chi connectivity index (χ0n) is 19.4. The lowest BCUT2D eigenvalue weighted by molar-refractivity contribution is -0.138. The monoisotopic (exact) mass is 475 g/mol. The van der Waals surface area contributed by atoms with Crippen molar-refractivity contribution in [3.8, 4) is 0 Å². The number of carbonyl (C=O) groups excluding carboxylic acids is 2. The van der Waals surface area contributed by atoms with Crippen LogP contribution >= 0.6 is 0 Å². The second-order valence-corrected chi connectivity index (χ2v) is 11.8. The molecular formula is C23H33N5O4S. The fourth-order valence-corrected chi connectivity index (χ4v) is 7.53. The Kier molecular flexibility index (Phi) is 5.75. The number of rotatable bonds is 2. The van der Waals surface area contributed by atoms with E-state index in [2.05, 4.69) is 10.2 Å². The van der Waals surface area contributed by atoms with Gasteiger partial charge >= 0.3 is 0 Å². The van der Waals surface area contributed by atoms with Crippen molar-refractivity contribution < 1.29 is 18.0 Å². The van der Waals surface area contributed by atoms with Crippen molar-refractivity contribution in [2.45, 2.75) is 43.7 Å². The molecule has 0 radical (unpaired) electrons. The van der Waals surface area contributed by atoms with Crippen LogP contribution in [0.4, 0.5) is 5.69 Å². The van der Waals surface area contributed by atoms with Crippen LogP contribution in [0, 0.1) is 5.92 Å². The van der Waals surface area contributed by atoms with Crippen LogP contribution in [-0.2, 0) is 25.3 Å². The molecule has 9 nitrogen and oxygen atoms in total. The van der Waals surface area contributed by atoms with Crippen LogP contribution in [0.3, 0.4) is 0 Å². The molecule has 1 aromatic rings. The molecule has 5 rings (SSSR count). The standard InChI is InChI=1S/C23H33N5O4S/c1-25(2)33(31,32)26-12-6-11-24-21(29)19-16-17-8-5-15-28(17)23(19)18-9-3-4-10-20(18)27(22(23)30)14-7-13-26/h3-4,9-10,17,19H,5-8,11-16H2,1-2H3,(H,24,29)/t17-,19-,23+/m0/s1. The molecule has 4 aliphatic heterocycles. The Bertz CT molecular complexity index is 1060. The molecule has 3 fully saturated rings. The maximum absolute atomic E-state index is 14.2. The molecule has 3 saturated heterocycles. The highest BCUT2D eigenvalue weighted by Crippen LogP contribution is 2.57. The van der Waals surface area contributed by atoms with Gasteiger partial charge < -0.3 is 10.2 Å². The summed E-state index contributed by atoms with van der Waals surface area (Å²) in [5.41, 5.74) is 0.826. The number of para-hydroxylation sites is 1. The molecule has 0 aliphatic carbocycles. The van der Waals surface area contributed by atoms with E-state index >= 15 is 0 Å². The molecule has 2 bridgehead atoms. The Morgan fingerprint density at radius 1 is 1.03 bits per heavy atom. The van der Waals surface area contributed by atoms with Gasteiger partial charge in [-0.3, -0.25) is 14.5 Å². The summed E-state index contributed by atoms with van der Waals surface area (Å²) in [6.45, 7) is 2.27. The van der Waals surface area contributed by atoms with Gasteiger partial charge in [0, 0.05) is 57.6 Å². The van der Waals surface area contributed by atoms with Gasteiger partial charge in [0.2, 0.25) is 5.91 Å². The fraction of sp³-hybridized carbons (Fsp3) is 0.652. The van der Waals surface area contributed by atoms with E-state index in [1.54, 1.807) is 4.90 Å². The molecule has 1 spiro atoms. The van der Waals surface area contributed by atoms with E-state index in [-0.39, 0.29) is 17.9 Å². The van der Waals surface area contributed by atoms with Gasteiger partial charge in [-0.25, -0.2) is 0 Å². The van der Waals surface area contributed by atoms with Gasteiger partial charge in [-0.05, 0) is 44.7 Å². The lowest BCUT2D eigenvalue weighted by Gasteiger charge is -2.37. The summed E-state index contributed by atoms with van der Waals surface area (Å²) in [5, 5.41) is 3.04. The number of anilines is 1. The van der Waals surface area contributed by atoms with Crippen molar-refractivity contribution >= 4 is 27.7 Å². The van der Waals surface area contributed by atoms with Gasteiger partial charge in [-0.2, -0.15) is 17.0 Å². The SMILES string of the molecule is CN(C)S(=O)(=O)N1CCCNC(=O)[C@@H]2C[C@@H]3CCCN3[C@@]23C(=O)N(CCC1)c1ccccc13. The third kappa shape index (κ3) is 3.33. The van der Waals surface area contributed by atoms with E-state index in [9.17, 15) is 18.0 Å². The highest BCUT2D eigenvalue weighted by molar-refractivity contribution is 7.86. The summed E-state index contributed by atoms with van der Waals surface area (Å²) in [6, 6.07) is 8.08. The van der Waals surface area contributed by atoms with Crippen LogP contribution in [0.15, 0.2) is 24.3 Å². The number of fused-ring (bicyclic) bond motifs is 4. The molecule has 2 amide bonds. The Labute approximate surface area is 195 Å². The van der Waals surface area contributed by atoms with Gasteiger partial charge in [0.25, 0.3) is 16.1 Å². The first kappa shape index (κ1) is 22.8. The van der Waals surface area contributed by atoms with Crippen molar-refractivity contribution in [3.05, 3.63) is 29.8 Å². The highest BCUT2D eigenvalue weighted by Gasteiger charge is 2.67. The Balaban J connectivity index is 1.56. The van der Waals surface area contributed by atoms with E-state index in [4.69, 9.17) is 0 Å². The average molecular weight is 476 g/mol. The van der Waals surface area contributed by atoms with Crippen LogP contribution in [0.5, 0.6) is 0 Å². The van der Waals surface area contributed by atoms with Crippen molar-refractivity contribution in [2.75, 3.05) is 51.7 Å². The number of nitrogens with zero attached hydrogens (tertiary/aromatic N) is 4. The quantitative estimate of drug-likeness (QED) is 0.681. The normalized spacial score (nSPS) is 31.4. The van der Waals surface area contributed by atoms with Crippen molar-refractivity contribution in [2.24, 2.45) is 5.92 Å². The minimum Gasteiger partial charge on any atom is -0.356 e. The van der Waals surface area contributed by atoms with E-state index in [0.717, 1.165) is 30.6 Å². The fourth-order valence-electron chi connectivity index (χ4n) is 6.35. The Morgan fingerprint density at radius 3 is 2.58 bits per heavy atom. The summed E-state index contributed by atoms with van der Waals surface area (Å²) in [5.74, 6) is -0.575. The molecule has 180 valence electrons. The first-order chi connectivity index (χ1) is 15.8. The van der Waals surface area contributed by atoms with Gasteiger partial charge in [0.1, 0.15) is 5.54 Å². The number of hydrogen-bond acceptors (Lipinski definition) is 5. The molecule has 10 heteroatoms. The van der Waals surface area contributed by atoms with Crippen LogP contribution in [-0.4, -0.2) is 86.6 Å². The molecule has 1 aromatic carbocycles. The molecule has 1 N–H and O–H groups in total.